The Balaban J connectivity index is 1.89. The molecule has 0 saturated heterocycles. The highest BCUT2D eigenvalue weighted by molar-refractivity contribution is 7.89. The van der Waals surface area contributed by atoms with Crippen LogP contribution in [0.15, 0.2) is 41.4 Å². The van der Waals surface area contributed by atoms with Crippen molar-refractivity contribution in [2.75, 3.05) is 0 Å². The van der Waals surface area contributed by atoms with Gasteiger partial charge in [0.05, 0.1) is 22.5 Å². The first kappa shape index (κ1) is 23.1. The standard InChI is InChI=1S/C23H24F2N4O3S/c1-14(2)28-33(30,31)17-8-9-20(27-13-17)22-19(12-26)18-11-16(32-23(24)25)7-10-21(18)29(22)15-5-3-4-6-15/h7-11,13-15,23,28H,3-6H2,1-2H3. The highest BCUT2D eigenvalue weighted by Crippen LogP contribution is 2.41. The smallest absolute Gasteiger partial charge is 0.387 e. The van der Waals surface area contributed by atoms with E-state index in [-0.39, 0.29) is 22.7 Å². The van der Waals surface area contributed by atoms with Crippen LogP contribution in [0.3, 0.4) is 0 Å². The van der Waals surface area contributed by atoms with Gasteiger partial charge in [0, 0.05) is 23.7 Å². The first-order chi connectivity index (χ1) is 15.7. The van der Waals surface area contributed by atoms with Gasteiger partial charge in [0.2, 0.25) is 10.0 Å². The summed E-state index contributed by atoms with van der Waals surface area (Å²) >= 11 is 0. The Bertz CT molecular complexity index is 1310. The van der Waals surface area contributed by atoms with Gasteiger partial charge < -0.3 is 9.30 Å². The maximum atomic E-state index is 12.8. The third-order valence-electron chi connectivity index (χ3n) is 5.68. The SMILES string of the molecule is CC(C)NS(=O)(=O)c1ccc(-c2c(C#N)c3cc(OC(F)F)ccc3n2C2CCCC2)nc1. The summed E-state index contributed by atoms with van der Waals surface area (Å²) in [5.74, 6) is -0.0294. The molecule has 2 aromatic heterocycles. The minimum atomic E-state index is -3.71. The number of benzene rings is 1. The fourth-order valence-corrected chi connectivity index (χ4v) is 5.63. The van der Waals surface area contributed by atoms with Crippen molar-refractivity contribution in [2.45, 2.75) is 63.1 Å². The van der Waals surface area contributed by atoms with Crippen LogP contribution in [0.1, 0.15) is 51.1 Å². The van der Waals surface area contributed by atoms with Crippen LogP contribution in [-0.4, -0.2) is 30.6 Å². The van der Waals surface area contributed by atoms with Crippen molar-refractivity contribution in [2.24, 2.45) is 0 Å². The zero-order valence-electron chi connectivity index (χ0n) is 18.3. The molecule has 0 bridgehead atoms. The highest BCUT2D eigenvalue weighted by atomic mass is 32.2. The van der Waals surface area contributed by atoms with Gasteiger partial charge in [-0.05, 0) is 57.0 Å². The zero-order valence-corrected chi connectivity index (χ0v) is 19.1. The summed E-state index contributed by atoms with van der Waals surface area (Å²) in [6, 6.07) is 9.67. The molecule has 1 aromatic carbocycles. The van der Waals surface area contributed by atoms with Crippen molar-refractivity contribution in [3.8, 4) is 23.2 Å². The molecule has 0 radical (unpaired) electrons. The van der Waals surface area contributed by atoms with Crippen LogP contribution < -0.4 is 9.46 Å². The molecule has 0 unspecified atom stereocenters. The molecule has 0 atom stereocenters. The van der Waals surface area contributed by atoms with E-state index in [9.17, 15) is 22.5 Å². The molecule has 33 heavy (non-hydrogen) atoms. The van der Waals surface area contributed by atoms with E-state index >= 15 is 0 Å². The molecule has 1 aliphatic rings. The van der Waals surface area contributed by atoms with Gasteiger partial charge in [-0.25, -0.2) is 13.1 Å². The van der Waals surface area contributed by atoms with Crippen molar-refractivity contribution in [3.63, 3.8) is 0 Å². The number of aromatic nitrogens is 2. The summed E-state index contributed by atoms with van der Waals surface area (Å²) in [6.07, 6.45) is 5.19. The van der Waals surface area contributed by atoms with Gasteiger partial charge in [-0.2, -0.15) is 14.0 Å². The Morgan fingerprint density at radius 2 is 1.94 bits per heavy atom. The molecule has 3 aromatic rings. The monoisotopic (exact) mass is 474 g/mol. The zero-order chi connectivity index (χ0) is 23.8. The number of nitrogens with zero attached hydrogens (tertiary/aromatic N) is 3. The average Bonchev–Trinajstić information content (AvgIpc) is 3.37. The van der Waals surface area contributed by atoms with E-state index in [1.54, 1.807) is 26.0 Å². The number of rotatable bonds is 7. The van der Waals surface area contributed by atoms with Crippen molar-refractivity contribution >= 4 is 20.9 Å². The fraction of sp³-hybridized carbons (Fsp3) is 0.391. The second-order valence-electron chi connectivity index (χ2n) is 8.36. The van der Waals surface area contributed by atoms with E-state index < -0.39 is 16.6 Å². The van der Waals surface area contributed by atoms with Crippen LogP contribution in [0.25, 0.3) is 22.3 Å². The van der Waals surface area contributed by atoms with Crippen molar-refractivity contribution in [1.29, 1.82) is 5.26 Å². The number of halogens is 2. The summed E-state index contributed by atoms with van der Waals surface area (Å²) < 4.78 is 59.6. The van der Waals surface area contributed by atoms with Gasteiger partial charge in [-0.3, -0.25) is 4.98 Å². The molecule has 0 aliphatic heterocycles. The van der Waals surface area contributed by atoms with Gasteiger partial charge in [0.1, 0.15) is 16.7 Å². The van der Waals surface area contributed by atoms with Gasteiger partial charge in [-0.15, -0.1) is 0 Å². The molecule has 2 heterocycles. The molecule has 174 valence electrons. The highest BCUT2D eigenvalue weighted by Gasteiger charge is 2.27. The Morgan fingerprint density at radius 3 is 2.52 bits per heavy atom. The summed E-state index contributed by atoms with van der Waals surface area (Å²) in [6.45, 7) is 0.481. The second kappa shape index (κ2) is 9.08. The average molecular weight is 475 g/mol. The lowest BCUT2D eigenvalue weighted by Gasteiger charge is -2.18. The molecule has 0 spiro atoms. The van der Waals surface area contributed by atoms with Crippen molar-refractivity contribution < 1.29 is 21.9 Å². The van der Waals surface area contributed by atoms with E-state index in [4.69, 9.17) is 0 Å². The molecule has 1 N–H and O–H groups in total. The minimum Gasteiger partial charge on any atom is -0.435 e. The number of sulfonamides is 1. The second-order valence-corrected chi connectivity index (χ2v) is 10.1. The number of hydrogen-bond donors (Lipinski definition) is 1. The summed E-state index contributed by atoms with van der Waals surface area (Å²) in [7, 11) is -3.71. The van der Waals surface area contributed by atoms with Crippen LogP contribution in [0.5, 0.6) is 5.75 Å². The maximum absolute atomic E-state index is 12.8. The van der Waals surface area contributed by atoms with Gasteiger partial charge in [0.15, 0.2) is 0 Å². The Morgan fingerprint density at radius 1 is 1.21 bits per heavy atom. The van der Waals surface area contributed by atoms with Crippen LogP contribution >= 0.6 is 0 Å². The first-order valence-corrected chi connectivity index (χ1v) is 12.2. The number of pyridine rings is 1. The van der Waals surface area contributed by atoms with E-state index in [1.807, 2.05) is 4.57 Å². The van der Waals surface area contributed by atoms with Crippen LogP contribution in [-0.2, 0) is 10.0 Å². The Labute approximate surface area is 191 Å². The maximum Gasteiger partial charge on any atom is 0.387 e. The number of ether oxygens (including phenoxy) is 1. The Kier molecular flexibility index (Phi) is 6.36. The normalized spacial score (nSPS) is 14.9. The fourth-order valence-electron chi connectivity index (χ4n) is 4.43. The van der Waals surface area contributed by atoms with Crippen molar-refractivity contribution in [3.05, 3.63) is 42.1 Å². The first-order valence-electron chi connectivity index (χ1n) is 10.7. The molecule has 7 nitrogen and oxygen atoms in total. The molecule has 10 heteroatoms. The third-order valence-corrected chi connectivity index (χ3v) is 7.33. The van der Waals surface area contributed by atoms with Gasteiger partial charge >= 0.3 is 6.61 Å². The largest absolute Gasteiger partial charge is 0.435 e. The topological polar surface area (TPSA) is 97.0 Å². The van der Waals surface area contributed by atoms with E-state index in [1.165, 1.54) is 24.4 Å². The number of fused-ring (bicyclic) bond motifs is 1. The molecule has 1 aliphatic carbocycles. The third kappa shape index (κ3) is 4.56. The van der Waals surface area contributed by atoms with E-state index in [0.717, 1.165) is 31.2 Å². The lowest BCUT2D eigenvalue weighted by molar-refractivity contribution is -0.0497. The molecule has 1 saturated carbocycles. The van der Waals surface area contributed by atoms with Gasteiger partial charge in [-0.1, -0.05) is 12.8 Å². The number of alkyl halides is 2. The number of nitriles is 1. The lowest BCUT2D eigenvalue weighted by atomic mass is 10.1. The molecule has 1 fully saturated rings. The molecule has 4 rings (SSSR count). The predicted molar refractivity (Wildman–Crippen MR) is 119 cm³/mol. The van der Waals surface area contributed by atoms with Crippen LogP contribution in [0, 0.1) is 11.3 Å². The number of hydrogen-bond acceptors (Lipinski definition) is 5. The molecular formula is C23H24F2N4O3S. The summed E-state index contributed by atoms with van der Waals surface area (Å²) in [5.41, 5.74) is 2.01. The van der Waals surface area contributed by atoms with Crippen molar-refractivity contribution in [1.82, 2.24) is 14.3 Å². The molecule has 0 amide bonds. The summed E-state index contributed by atoms with van der Waals surface area (Å²) in [4.78, 5) is 4.41. The lowest BCUT2D eigenvalue weighted by Crippen LogP contribution is -2.30. The van der Waals surface area contributed by atoms with Gasteiger partial charge in [0.25, 0.3) is 0 Å². The minimum absolute atomic E-state index is 0.0228. The predicted octanol–water partition coefficient (Wildman–Crippen LogP) is 4.98. The molecular weight excluding hydrogens is 450 g/mol. The Hall–Kier alpha value is -3.03. The van der Waals surface area contributed by atoms with Crippen LogP contribution in [0.4, 0.5) is 8.78 Å². The summed E-state index contributed by atoms with van der Waals surface area (Å²) in [5, 5.41) is 10.5. The van der Waals surface area contributed by atoms with E-state index in [2.05, 4.69) is 20.5 Å². The van der Waals surface area contributed by atoms with Crippen LogP contribution in [0.2, 0.25) is 0 Å². The quantitative estimate of drug-likeness (QED) is 0.521. The number of nitrogens with one attached hydrogen (secondary N) is 1. The van der Waals surface area contributed by atoms with E-state index in [0.29, 0.717) is 22.3 Å².